The number of ether oxygens (including phenoxy) is 1. The van der Waals surface area contributed by atoms with E-state index in [1.165, 1.54) is 0 Å². The van der Waals surface area contributed by atoms with E-state index in [1.807, 2.05) is 0 Å². The predicted octanol–water partition coefficient (Wildman–Crippen LogP) is 1.19. The lowest BCUT2D eigenvalue weighted by molar-refractivity contribution is 0.0522. The van der Waals surface area contributed by atoms with Gasteiger partial charge < -0.3 is 19.7 Å². The van der Waals surface area contributed by atoms with E-state index >= 15 is 0 Å². The van der Waals surface area contributed by atoms with Gasteiger partial charge in [0, 0.05) is 6.07 Å². The molecule has 1 heterocycles. The Bertz CT molecular complexity index is 354. The first kappa shape index (κ1) is 12.5. The number of hydrogen-bond acceptors (Lipinski definition) is 5. The van der Waals surface area contributed by atoms with Gasteiger partial charge in [-0.15, -0.1) is 0 Å². The van der Waals surface area contributed by atoms with Crippen LogP contribution in [-0.4, -0.2) is 22.0 Å². The number of alkyl carbamates (subject to hydrolysis) is 1. The Morgan fingerprint density at radius 3 is 2.81 bits per heavy atom. The van der Waals surface area contributed by atoms with Crippen molar-refractivity contribution in [3.05, 3.63) is 17.5 Å². The maximum Gasteiger partial charge on any atom is 0.407 e. The summed E-state index contributed by atoms with van der Waals surface area (Å²) in [6, 6.07) is 1.57. The van der Waals surface area contributed by atoms with E-state index in [1.54, 1.807) is 26.8 Å². The summed E-state index contributed by atoms with van der Waals surface area (Å²) in [6.45, 7) is 5.35. The number of aromatic nitrogens is 1. The van der Waals surface area contributed by atoms with Gasteiger partial charge in [-0.1, -0.05) is 5.16 Å². The highest BCUT2D eigenvalue weighted by Crippen LogP contribution is 2.07. The number of carbonyl (C=O) groups excluding carboxylic acids is 1. The average molecular weight is 228 g/mol. The second-order valence-corrected chi connectivity index (χ2v) is 4.30. The molecule has 0 aromatic carbocycles. The maximum absolute atomic E-state index is 11.3. The van der Waals surface area contributed by atoms with Crippen molar-refractivity contribution < 1.29 is 19.2 Å². The minimum atomic E-state index is -0.524. The SMILES string of the molecule is CC(C)(C)OC(=O)NCc1cc(CO)on1. The number of amides is 1. The topological polar surface area (TPSA) is 84.6 Å². The van der Waals surface area contributed by atoms with Crippen molar-refractivity contribution in [3.8, 4) is 0 Å². The molecule has 0 unspecified atom stereocenters. The number of aliphatic hydroxyl groups excluding tert-OH is 1. The third kappa shape index (κ3) is 4.31. The standard InChI is InChI=1S/C10H16N2O4/c1-10(2,3)15-9(14)11-5-7-4-8(6-13)16-12-7/h4,13H,5-6H2,1-3H3,(H,11,14). The van der Waals surface area contributed by atoms with Crippen LogP contribution in [0, 0.1) is 0 Å². The summed E-state index contributed by atoms with van der Waals surface area (Å²) < 4.78 is 9.79. The van der Waals surface area contributed by atoms with Crippen molar-refractivity contribution in [2.24, 2.45) is 0 Å². The van der Waals surface area contributed by atoms with Crippen molar-refractivity contribution >= 4 is 6.09 Å². The molecule has 0 saturated heterocycles. The number of aliphatic hydroxyl groups is 1. The smallest absolute Gasteiger partial charge is 0.407 e. The van der Waals surface area contributed by atoms with Gasteiger partial charge in [0.15, 0.2) is 5.76 Å². The van der Waals surface area contributed by atoms with E-state index in [-0.39, 0.29) is 13.2 Å². The van der Waals surface area contributed by atoms with E-state index in [9.17, 15) is 4.79 Å². The molecule has 0 radical (unpaired) electrons. The fourth-order valence-corrected chi connectivity index (χ4v) is 0.991. The van der Waals surface area contributed by atoms with Gasteiger partial charge in [0.1, 0.15) is 17.9 Å². The third-order valence-electron chi connectivity index (χ3n) is 1.58. The van der Waals surface area contributed by atoms with Crippen LogP contribution in [0.25, 0.3) is 0 Å². The van der Waals surface area contributed by atoms with Gasteiger partial charge in [0.2, 0.25) is 0 Å². The Balaban J connectivity index is 2.37. The van der Waals surface area contributed by atoms with Crippen molar-refractivity contribution in [1.29, 1.82) is 0 Å². The molecule has 0 aliphatic rings. The summed E-state index contributed by atoms with van der Waals surface area (Å²) in [6.07, 6.45) is -0.513. The fraction of sp³-hybridized carbons (Fsp3) is 0.600. The molecule has 0 bridgehead atoms. The lowest BCUT2D eigenvalue weighted by Gasteiger charge is -2.19. The zero-order valence-corrected chi connectivity index (χ0v) is 9.61. The molecule has 0 aliphatic heterocycles. The minimum Gasteiger partial charge on any atom is -0.444 e. The molecular formula is C10H16N2O4. The lowest BCUT2D eigenvalue weighted by Crippen LogP contribution is -2.32. The Morgan fingerprint density at radius 2 is 2.31 bits per heavy atom. The van der Waals surface area contributed by atoms with Gasteiger partial charge in [-0.2, -0.15) is 0 Å². The highest BCUT2D eigenvalue weighted by Gasteiger charge is 2.16. The summed E-state index contributed by atoms with van der Waals surface area (Å²) in [5, 5.41) is 14.9. The Labute approximate surface area is 93.6 Å². The first-order valence-electron chi connectivity index (χ1n) is 4.93. The molecule has 1 amide bonds. The fourth-order valence-electron chi connectivity index (χ4n) is 0.991. The summed E-state index contributed by atoms with van der Waals surface area (Å²) >= 11 is 0. The second kappa shape index (κ2) is 4.98. The van der Waals surface area contributed by atoms with Crippen LogP contribution >= 0.6 is 0 Å². The first-order valence-corrected chi connectivity index (χ1v) is 4.93. The van der Waals surface area contributed by atoms with Crippen LogP contribution in [0.3, 0.4) is 0 Å². The van der Waals surface area contributed by atoms with E-state index in [2.05, 4.69) is 10.5 Å². The third-order valence-corrected chi connectivity index (χ3v) is 1.58. The first-order chi connectivity index (χ1) is 7.40. The van der Waals surface area contributed by atoms with Crippen LogP contribution in [0.4, 0.5) is 4.79 Å². The quantitative estimate of drug-likeness (QED) is 0.811. The maximum atomic E-state index is 11.3. The van der Waals surface area contributed by atoms with Crippen LogP contribution in [0.15, 0.2) is 10.6 Å². The van der Waals surface area contributed by atoms with Gasteiger partial charge in [0.05, 0.1) is 6.54 Å². The van der Waals surface area contributed by atoms with Crippen molar-refractivity contribution in [2.75, 3.05) is 0 Å². The zero-order valence-electron chi connectivity index (χ0n) is 9.61. The van der Waals surface area contributed by atoms with Gasteiger partial charge >= 0.3 is 6.09 Å². The van der Waals surface area contributed by atoms with Crippen LogP contribution in [0.1, 0.15) is 32.2 Å². The molecule has 6 nitrogen and oxygen atoms in total. The van der Waals surface area contributed by atoms with Gasteiger partial charge in [0.25, 0.3) is 0 Å². The molecule has 1 aromatic rings. The average Bonchev–Trinajstić information content (AvgIpc) is 2.59. The number of carbonyl (C=O) groups is 1. The molecule has 0 spiro atoms. The Hall–Kier alpha value is -1.56. The van der Waals surface area contributed by atoms with E-state index in [4.69, 9.17) is 14.4 Å². The van der Waals surface area contributed by atoms with E-state index in [0.29, 0.717) is 11.5 Å². The highest BCUT2D eigenvalue weighted by molar-refractivity contribution is 5.67. The summed E-state index contributed by atoms with van der Waals surface area (Å²) in [5.41, 5.74) is 0.0133. The van der Waals surface area contributed by atoms with Gasteiger partial charge in [-0.25, -0.2) is 4.79 Å². The molecule has 1 rings (SSSR count). The monoisotopic (exact) mass is 228 g/mol. The molecule has 0 fully saturated rings. The molecule has 6 heteroatoms. The normalized spacial score (nSPS) is 11.2. The van der Waals surface area contributed by atoms with Crippen molar-refractivity contribution in [3.63, 3.8) is 0 Å². The van der Waals surface area contributed by atoms with Crippen LogP contribution in [-0.2, 0) is 17.9 Å². The van der Waals surface area contributed by atoms with E-state index in [0.717, 1.165) is 0 Å². The minimum absolute atomic E-state index is 0.207. The number of nitrogens with zero attached hydrogens (tertiary/aromatic N) is 1. The highest BCUT2D eigenvalue weighted by atomic mass is 16.6. The number of hydrogen-bond donors (Lipinski definition) is 2. The number of nitrogens with one attached hydrogen (secondary N) is 1. The molecule has 0 saturated carbocycles. The Kier molecular flexibility index (Phi) is 3.89. The van der Waals surface area contributed by atoms with Crippen molar-refractivity contribution in [2.45, 2.75) is 39.5 Å². The lowest BCUT2D eigenvalue weighted by atomic mass is 10.2. The Morgan fingerprint density at radius 1 is 1.62 bits per heavy atom. The largest absolute Gasteiger partial charge is 0.444 e. The predicted molar refractivity (Wildman–Crippen MR) is 55.5 cm³/mol. The molecule has 90 valence electrons. The van der Waals surface area contributed by atoms with Gasteiger partial charge in [-0.3, -0.25) is 0 Å². The molecule has 1 aromatic heterocycles. The van der Waals surface area contributed by atoms with Gasteiger partial charge in [-0.05, 0) is 20.8 Å². The number of rotatable bonds is 3. The summed E-state index contributed by atoms with van der Waals surface area (Å²) in [4.78, 5) is 11.3. The molecule has 0 atom stereocenters. The summed E-state index contributed by atoms with van der Waals surface area (Å²) in [5.74, 6) is 0.362. The molecular weight excluding hydrogens is 212 g/mol. The molecule has 16 heavy (non-hydrogen) atoms. The van der Waals surface area contributed by atoms with Crippen molar-refractivity contribution in [1.82, 2.24) is 10.5 Å². The van der Waals surface area contributed by atoms with Crippen LogP contribution in [0.5, 0.6) is 0 Å². The molecule has 2 N–H and O–H groups in total. The van der Waals surface area contributed by atoms with E-state index < -0.39 is 11.7 Å². The summed E-state index contributed by atoms with van der Waals surface area (Å²) in [7, 11) is 0. The zero-order chi connectivity index (χ0) is 12.2. The van der Waals surface area contributed by atoms with Crippen LogP contribution < -0.4 is 5.32 Å². The van der Waals surface area contributed by atoms with Crippen LogP contribution in [0.2, 0.25) is 0 Å². The molecule has 0 aliphatic carbocycles. The second-order valence-electron chi connectivity index (χ2n) is 4.30.